The van der Waals surface area contributed by atoms with Crippen molar-refractivity contribution < 1.29 is 91.1 Å². The quantitative estimate of drug-likeness (QED) is 0.0764. The lowest BCUT2D eigenvalue weighted by atomic mass is 10.2. The lowest BCUT2D eigenvalue weighted by Crippen LogP contribution is -2.33. The SMILES string of the molecule is C=C(C)C(=O)OCN1CCCC1=O.C=C(C)C(=O)OCN1CCCCCC1=O.CC(=O)C=CC(=O)OCN1CCCC1=O.CC(=O)C=CC(=O)OCN1CCCCCC1=O.O=C(O)C=CC(=O)OCCCN1CCCCCC1=O. The molecule has 0 aromatic rings. The van der Waals surface area contributed by atoms with Gasteiger partial charge < -0.3 is 53.3 Å². The molecular weight excluding hydrogens is 1030 g/mol. The van der Waals surface area contributed by atoms with Crippen LogP contribution in [0.15, 0.2) is 60.8 Å². The second-order valence-corrected chi connectivity index (χ2v) is 18.6. The van der Waals surface area contributed by atoms with Crippen LogP contribution in [0.25, 0.3) is 0 Å². The van der Waals surface area contributed by atoms with Crippen molar-refractivity contribution in [1.82, 2.24) is 24.5 Å². The zero-order valence-electron chi connectivity index (χ0n) is 46.2. The molecule has 0 aliphatic carbocycles. The van der Waals surface area contributed by atoms with E-state index in [0.29, 0.717) is 82.4 Å². The zero-order valence-corrected chi connectivity index (χ0v) is 46.2. The molecule has 24 nitrogen and oxygen atoms in total. The number of hydrogen-bond donors (Lipinski definition) is 1. The molecule has 0 unspecified atom stereocenters. The molecule has 0 atom stereocenters. The number of esters is 5. The van der Waals surface area contributed by atoms with Gasteiger partial charge in [0, 0.05) is 107 Å². The highest BCUT2D eigenvalue weighted by molar-refractivity contribution is 5.95. The van der Waals surface area contributed by atoms with Gasteiger partial charge in [0.25, 0.3) is 0 Å². The van der Waals surface area contributed by atoms with Crippen LogP contribution in [0.3, 0.4) is 0 Å². The molecule has 0 bridgehead atoms. The summed E-state index contributed by atoms with van der Waals surface area (Å²) in [6, 6.07) is 0. The third-order valence-electron chi connectivity index (χ3n) is 11.6. The van der Waals surface area contributed by atoms with E-state index in [4.69, 9.17) is 28.8 Å². The molecule has 5 aliphatic rings. The number of ether oxygens (including phenoxy) is 5. The molecule has 438 valence electrons. The molecule has 0 saturated carbocycles. The summed E-state index contributed by atoms with van der Waals surface area (Å²) < 4.78 is 24.2. The molecule has 5 aliphatic heterocycles. The number of amides is 5. The molecule has 5 rings (SSSR count). The van der Waals surface area contributed by atoms with Crippen LogP contribution in [-0.2, 0) is 86.0 Å². The number of rotatable bonds is 20. The minimum absolute atomic E-state index is 0.00153. The molecule has 0 radical (unpaired) electrons. The van der Waals surface area contributed by atoms with Crippen LogP contribution in [-0.4, -0.2) is 179 Å². The second kappa shape index (κ2) is 40.4. The van der Waals surface area contributed by atoms with Gasteiger partial charge in [0.1, 0.15) is 0 Å². The van der Waals surface area contributed by atoms with Gasteiger partial charge >= 0.3 is 35.8 Å². The van der Waals surface area contributed by atoms with Crippen molar-refractivity contribution >= 4 is 76.9 Å². The molecular formula is C55H79N5O19. The van der Waals surface area contributed by atoms with Crippen LogP contribution in [0, 0.1) is 0 Å². The average Bonchev–Trinajstić information content (AvgIpc) is 3.78. The van der Waals surface area contributed by atoms with E-state index >= 15 is 0 Å². The van der Waals surface area contributed by atoms with Gasteiger partial charge in [-0.05, 0) is 97.6 Å². The fraction of sp³-hybridized carbons (Fsp3) is 0.582. The van der Waals surface area contributed by atoms with Crippen molar-refractivity contribution in [2.75, 3.05) is 72.8 Å². The zero-order chi connectivity index (χ0) is 59.1. The number of nitrogens with zero attached hydrogens (tertiary/aromatic N) is 5. The Morgan fingerprint density at radius 3 is 1.05 bits per heavy atom. The Labute approximate surface area is 461 Å². The molecule has 5 amide bonds. The number of ketones is 2. The molecule has 0 spiro atoms. The van der Waals surface area contributed by atoms with Gasteiger partial charge in [0.15, 0.2) is 38.5 Å². The highest BCUT2D eigenvalue weighted by Crippen LogP contribution is 2.14. The fourth-order valence-electron chi connectivity index (χ4n) is 7.19. The highest BCUT2D eigenvalue weighted by atomic mass is 16.6. The minimum atomic E-state index is -1.19. The van der Waals surface area contributed by atoms with Crippen molar-refractivity contribution in [2.24, 2.45) is 0 Å². The number of allylic oxidation sites excluding steroid dienone is 2. The lowest BCUT2D eigenvalue weighted by Gasteiger charge is -2.20. The van der Waals surface area contributed by atoms with Crippen molar-refractivity contribution in [2.45, 2.75) is 137 Å². The van der Waals surface area contributed by atoms with E-state index in [9.17, 15) is 62.3 Å². The van der Waals surface area contributed by atoms with Crippen molar-refractivity contribution in [3.05, 3.63) is 60.8 Å². The van der Waals surface area contributed by atoms with Crippen LogP contribution in [0.4, 0.5) is 0 Å². The number of carboxylic acids is 1. The van der Waals surface area contributed by atoms with Gasteiger partial charge in [0.05, 0.1) is 6.61 Å². The Balaban J connectivity index is 0.000000496. The van der Waals surface area contributed by atoms with Gasteiger partial charge in [-0.15, -0.1) is 0 Å². The van der Waals surface area contributed by atoms with E-state index < -0.39 is 35.8 Å². The maximum Gasteiger partial charge on any atom is 0.334 e. The Kier molecular flexibility index (Phi) is 35.4. The topological polar surface area (TPSA) is 304 Å². The summed E-state index contributed by atoms with van der Waals surface area (Å²) in [5.41, 5.74) is 0.712. The summed E-state index contributed by atoms with van der Waals surface area (Å²) in [5.74, 6) is -4.09. The molecule has 0 aromatic heterocycles. The number of likely N-dealkylation sites (tertiary alicyclic amines) is 5. The first-order chi connectivity index (χ1) is 37.5. The monoisotopic (exact) mass is 1110 g/mol. The molecule has 24 heteroatoms. The van der Waals surface area contributed by atoms with E-state index in [0.717, 1.165) is 114 Å². The Morgan fingerprint density at radius 2 is 0.709 bits per heavy atom. The number of carbonyl (C=O) groups is 13. The first-order valence-corrected chi connectivity index (χ1v) is 26.3. The van der Waals surface area contributed by atoms with E-state index in [-0.39, 0.29) is 74.6 Å². The number of hydrogen-bond acceptors (Lipinski definition) is 18. The molecule has 0 aromatic carbocycles. The summed E-state index contributed by atoms with van der Waals surface area (Å²) in [6.45, 7) is 17.0. The Bertz CT molecular complexity index is 2240. The van der Waals surface area contributed by atoms with Crippen LogP contribution in [0.5, 0.6) is 0 Å². The van der Waals surface area contributed by atoms with Crippen LogP contribution in [0.2, 0.25) is 0 Å². The van der Waals surface area contributed by atoms with Gasteiger partial charge in [0.2, 0.25) is 29.5 Å². The number of aliphatic carboxylic acids is 1. The molecule has 5 fully saturated rings. The van der Waals surface area contributed by atoms with Crippen molar-refractivity contribution in [3.8, 4) is 0 Å². The fourth-order valence-corrected chi connectivity index (χ4v) is 7.19. The Morgan fingerprint density at radius 1 is 0.405 bits per heavy atom. The number of carbonyl (C=O) groups excluding carboxylic acids is 12. The van der Waals surface area contributed by atoms with E-state index in [1.165, 1.54) is 28.5 Å². The molecule has 5 saturated heterocycles. The van der Waals surface area contributed by atoms with E-state index in [2.05, 4.69) is 13.2 Å². The summed E-state index contributed by atoms with van der Waals surface area (Å²) in [5, 5.41) is 8.32. The molecule has 79 heavy (non-hydrogen) atoms. The molecule has 5 heterocycles. The summed E-state index contributed by atoms with van der Waals surface area (Å²) >= 11 is 0. The summed E-state index contributed by atoms with van der Waals surface area (Å²) in [4.78, 5) is 151. The summed E-state index contributed by atoms with van der Waals surface area (Å²) in [7, 11) is 0. The van der Waals surface area contributed by atoms with Gasteiger partial charge in [-0.1, -0.05) is 32.4 Å². The van der Waals surface area contributed by atoms with Crippen molar-refractivity contribution in [1.29, 1.82) is 0 Å². The third kappa shape index (κ3) is 33.9. The smallest absolute Gasteiger partial charge is 0.334 e. The predicted molar refractivity (Wildman–Crippen MR) is 283 cm³/mol. The maximum atomic E-state index is 11.7. The predicted octanol–water partition coefficient (Wildman–Crippen LogP) is 4.40. The Hall–Kier alpha value is -7.79. The first-order valence-electron chi connectivity index (χ1n) is 26.3. The van der Waals surface area contributed by atoms with Gasteiger partial charge in [-0.25, -0.2) is 28.8 Å². The normalized spacial score (nSPS) is 16.6. The van der Waals surface area contributed by atoms with E-state index in [1.807, 2.05) is 0 Å². The lowest BCUT2D eigenvalue weighted by molar-refractivity contribution is -0.150. The van der Waals surface area contributed by atoms with E-state index in [1.54, 1.807) is 23.6 Å². The highest BCUT2D eigenvalue weighted by Gasteiger charge is 2.23. The van der Waals surface area contributed by atoms with Crippen molar-refractivity contribution in [3.63, 3.8) is 0 Å². The second-order valence-electron chi connectivity index (χ2n) is 18.6. The maximum absolute atomic E-state index is 11.7. The standard InChI is InChI=1S/C13H19NO5.C12H17NO4.C11H17NO3.C10H13NO4.C9H13NO3/c15-11-5-2-1-3-8-14(11)9-4-10-19-13(18)7-6-12(16)17;1-10(14)6-7-12(16)17-9-13-8-4-2-3-5-11(13)15;1-9(2)11(14)15-8-12-7-5-3-4-6-10(12)13;1-8(12)4-5-10(14)15-7-11-6-2-3-9(11)13;1-7(2)9(12)13-6-10-5-3-4-8(10)11/h6-7H,1-5,8-10H2,(H,16,17);6-7H,2-5,8-9H2,1H3;1,3-8H2,2H3;4-5H,2-3,6-7H2,1H3;1,3-6H2,2H3. The average molecular weight is 1110 g/mol. The molecule has 1 N–H and O–H groups in total. The summed E-state index contributed by atoms with van der Waals surface area (Å²) in [6.07, 6.45) is 19.9. The first kappa shape index (κ1) is 69.2. The van der Waals surface area contributed by atoms with Crippen LogP contribution in [0.1, 0.15) is 137 Å². The van der Waals surface area contributed by atoms with Crippen LogP contribution < -0.4 is 0 Å². The van der Waals surface area contributed by atoms with Crippen LogP contribution >= 0.6 is 0 Å². The third-order valence-corrected chi connectivity index (χ3v) is 11.6. The van der Waals surface area contributed by atoms with Gasteiger partial charge in [-0.3, -0.25) is 33.6 Å². The minimum Gasteiger partial charge on any atom is -0.478 e. The number of carboxylic acid groups (broad SMARTS) is 1. The largest absolute Gasteiger partial charge is 0.478 e. The van der Waals surface area contributed by atoms with Gasteiger partial charge in [-0.2, -0.15) is 0 Å².